The zero-order chi connectivity index (χ0) is 14.9. The second kappa shape index (κ2) is 6.33. The first-order valence-corrected chi connectivity index (χ1v) is 7.56. The van der Waals surface area contributed by atoms with Gasteiger partial charge in [-0.1, -0.05) is 34.1 Å². The summed E-state index contributed by atoms with van der Waals surface area (Å²) in [5.74, 6) is -1.33. The van der Waals surface area contributed by atoms with Crippen molar-refractivity contribution in [2.24, 2.45) is 0 Å². The summed E-state index contributed by atoms with van der Waals surface area (Å²) in [7, 11) is 0. The number of aliphatic hydroxyl groups is 1. The molecule has 0 spiro atoms. The molecule has 20 heavy (non-hydrogen) atoms. The summed E-state index contributed by atoms with van der Waals surface area (Å²) in [6, 6.07) is 7.91. The Kier molecular flexibility index (Phi) is 4.94. The number of halogens is 4. The van der Waals surface area contributed by atoms with Gasteiger partial charge in [-0.15, -0.1) is 0 Å². The van der Waals surface area contributed by atoms with E-state index in [0.717, 1.165) is 10.0 Å². The van der Waals surface area contributed by atoms with Gasteiger partial charge in [0.05, 0.1) is 10.6 Å². The van der Waals surface area contributed by atoms with Crippen molar-refractivity contribution in [1.82, 2.24) is 0 Å². The molecule has 5 heteroatoms. The molecule has 1 nitrogen and oxygen atoms in total. The second-order valence-electron chi connectivity index (χ2n) is 4.52. The van der Waals surface area contributed by atoms with Gasteiger partial charge in [-0.25, -0.2) is 8.78 Å². The van der Waals surface area contributed by atoms with E-state index in [1.807, 2.05) is 13.0 Å². The molecule has 0 amide bonds. The van der Waals surface area contributed by atoms with E-state index in [9.17, 15) is 13.9 Å². The van der Waals surface area contributed by atoms with Crippen LogP contribution in [0.5, 0.6) is 0 Å². The fourth-order valence-corrected chi connectivity index (χ4v) is 2.89. The van der Waals surface area contributed by atoms with Gasteiger partial charge in [-0.2, -0.15) is 0 Å². The van der Waals surface area contributed by atoms with Crippen LogP contribution in [0, 0.1) is 18.6 Å². The minimum absolute atomic E-state index is 0.125. The van der Waals surface area contributed by atoms with Crippen LogP contribution in [-0.4, -0.2) is 5.11 Å². The van der Waals surface area contributed by atoms with Crippen molar-refractivity contribution < 1.29 is 13.9 Å². The monoisotopic (exact) mass is 404 g/mol. The van der Waals surface area contributed by atoms with E-state index in [1.165, 1.54) is 12.1 Å². The Morgan fingerprint density at radius 3 is 2.55 bits per heavy atom. The highest BCUT2D eigenvalue weighted by atomic mass is 79.9. The highest BCUT2D eigenvalue weighted by Crippen LogP contribution is 2.31. The highest BCUT2D eigenvalue weighted by Gasteiger charge is 2.19. The number of hydrogen-bond acceptors (Lipinski definition) is 1. The minimum Gasteiger partial charge on any atom is -0.388 e. The molecule has 106 valence electrons. The SMILES string of the molecule is Cc1cccc(C(O)Cc2c(F)ccc(Br)c2F)c1Br. The first-order chi connectivity index (χ1) is 9.41. The Bertz CT molecular complexity index is 644. The number of hydrogen-bond donors (Lipinski definition) is 1. The summed E-state index contributed by atoms with van der Waals surface area (Å²) in [5, 5.41) is 10.2. The van der Waals surface area contributed by atoms with E-state index in [2.05, 4.69) is 31.9 Å². The lowest BCUT2D eigenvalue weighted by molar-refractivity contribution is 0.174. The molecule has 0 aromatic heterocycles. The fraction of sp³-hybridized carbons (Fsp3) is 0.200. The zero-order valence-corrected chi connectivity index (χ0v) is 13.8. The van der Waals surface area contributed by atoms with Crippen molar-refractivity contribution in [2.75, 3.05) is 0 Å². The molecular formula is C15H12Br2F2O. The van der Waals surface area contributed by atoms with Gasteiger partial charge in [-0.3, -0.25) is 0 Å². The molecule has 2 rings (SSSR count). The summed E-state index contributed by atoms with van der Waals surface area (Å²) in [6.07, 6.45) is -1.11. The molecule has 1 unspecified atom stereocenters. The molecule has 0 aliphatic heterocycles. The Hall–Kier alpha value is -0.780. The van der Waals surface area contributed by atoms with E-state index in [-0.39, 0.29) is 16.5 Å². The number of rotatable bonds is 3. The van der Waals surface area contributed by atoms with Crippen LogP contribution in [0.3, 0.4) is 0 Å². The van der Waals surface area contributed by atoms with E-state index in [4.69, 9.17) is 0 Å². The second-order valence-corrected chi connectivity index (χ2v) is 6.17. The molecule has 0 aliphatic carbocycles. The summed E-state index contributed by atoms with van der Waals surface area (Å²) in [5.41, 5.74) is 1.45. The molecule has 1 N–H and O–H groups in total. The lowest BCUT2D eigenvalue weighted by Gasteiger charge is -2.15. The van der Waals surface area contributed by atoms with Crippen molar-refractivity contribution in [2.45, 2.75) is 19.4 Å². The fourth-order valence-electron chi connectivity index (χ4n) is 1.99. The van der Waals surface area contributed by atoms with E-state index in [0.29, 0.717) is 5.56 Å². The number of aryl methyl sites for hydroxylation is 1. The van der Waals surface area contributed by atoms with Crippen LogP contribution < -0.4 is 0 Å². The predicted molar refractivity (Wildman–Crippen MR) is 81.6 cm³/mol. The molecule has 0 saturated heterocycles. The lowest BCUT2D eigenvalue weighted by atomic mass is 9.99. The molecule has 2 aromatic carbocycles. The van der Waals surface area contributed by atoms with Crippen LogP contribution in [0.25, 0.3) is 0 Å². The summed E-state index contributed by atoms with van der Waals surface area (Å²) < 4.78 is 28.5. The van der Waals surface area contributed by atoms with Crippen molar-refractivity contribution in [1.29, 1.82) is 0 Å². The first kappa shape index (κ1) is 15.6. The zero-order valence-electron chi connectivity index (χ0n) is 10.6. The molecule has 0 fully saturated rings. The average Bonchev–Trinajstić information content (AvgIpc) is 2.42. The Balaban J connectivity index is 2.35. The third-order valence-corrected chi connectivity index (χ3v) is 4.81. The van der Waals surface area contributed by atoms with Crippen LogP contribution >= 0.6 is 31.9 Å². The van der Waals surface area contributed by atoms with Crippen LogP contribution in [-0.2, 0) is 6.42 Å². The van der Waals surface area contributed by atoms with Gasteiger partial charge < -0.3 is 5.11 Å². The number of benzene rings is 2. The summed E-state index contributed by atoms with van der Waals surface area (Å²) in [6.45, 7) is 1.89. The predicted octanol–water partition coefficient (Wildman–Crippen LogP) is 5.07. The van der Waals surface area contributed by atoms with E-state index < -0.39 is 17.7 Å². The van der Waals surface area contributed by atoms with Gasteiger partial charge in [0.1, 0.15) is 11.6 Å². The Morgan fingerprint density at radius 2 is 1.85 bits per heavy atom. The lowest BCUT2D eigenvalue weighted by Crippen LogP contribution is -2.07. The summed E-state index contributed by atoms with van der Waals surface area (Å²) >= 11 is 6.41. The average molecular weight is 406 g/mol. The van der Waals surface area contributed by atoms with Crippen LogP contribution in [0.15, 0.2) is 39.3 Å². The smallest absolute Gasteiger partial charge is 0.143 e. The minimum atomic E-state index is -0.984. The molecule has 0 aliphatic rings. The molecule has 1 atom stereocenters. The maximum atomic E-state index is 13.9. The molecule has 0 radical (unpaired) electrons. The Labute approximate surface area is 132 Å². The maximum absolute atomic E-state index is 13.9. The molecule has 2 aromatic rings. The third-order valence-electron chi connectivity index (χ3n) is 3.12. The van der Waals surface area contributed by atoms with Gasteiger partial charge in [-0.05, 0) is 46.1 Å². The van der Waals surface area contributed by atoms with Gasteiger partial charge in [0, 0.05) is 16.5 Å². The standard InChI is InChI=1S/C15H12Br2F2O/c1-8-3-2-4-9(14(8)17)13(20)7-10-12(18)6-5-11(16)15(10)19/h2-6,13,20H,7H2,1H3. The third kappa shape index (κ3) is 3.10. The van der Waals surface area contributed by atoms with Gasteiger partial charge in [0.2, 0.25) is 0 Å². The van der Waals surface area contributed by atoms with Crippen LogP contribution in [0.1, 0.15) is 22.8 Å². The van der Waals surface area contributed by atoms with Crippen molar-refractivity contribution >= 4 is 31.9 Å². The molecule has 0 saturated carbocycles. The first-order valence-electron chi connectivity index (χ1n) is 5.97. The van der Waals surface area contributed by atoms with Crippen LogP contribution in [0.2, 0.25) is 0 Å². The van der Waals surface area contributed by atoms with E-state index >= 15 is 0 Å². The van der Waals surface area contributed by atoms with Crippen LogP contribution in [0.4, 0.5) is 8.78 Å². The normalized spacial score (nSPS) is 12.5. The molecule has 0 heterocycles. The van der Waals surface area contributed by atoms with Crippen molar-refractivity contribution in [3.63, 3.8) is 0 Å². The van der Waals surface area contributed by atoms with Gasteiger partial charge in [0.25, 0.3) is 0 Å². The maximum Gasteiger partial charge on any atom is 0.143 e. The quantitative estimate of drug-likeness (QED) is 0.706. The van der Waals surface area contributed by atoms with Crippen molar-refractivity contribution in [3.05, 3.63) is 67.6 Å². The van der Waals surface area contributed by atoms with Gasteiger partial charge >= 0.3 is 0 Å². The molecular weight excluding hydrogens is 394 g/mol. The van der Waals surface area contributed by atoms with E-state index in [1.54, 1.807) is 12.1 Å². The van der Waals surface area contributed by atoms with Crippen molar-refractivity contribution in [3.8, 4) is 0 Å². The van der Waals surface area contributed by atoms with Gasteiger partial charge in [0.15, 0.2) is 0 Å². The Morgan fingerprint density at radius 1 is 1.15 bits per heavy atom. The number of aliphatic hydroxyl groups excluding tert-OH is 1. The highest BCUT2D eigenvalue weighted by molar-refractivity contribution is 9.10. The molecule has 0 bridgehead atoms. The summed E-state index contributed by atoms with van der Waals surface area (Å²) in [4.78, 5) is 0. The largest absolute Gasteiger partial charge is 0.388 e. The topological polar surface area (TPSA) is 20.2 Å².